The second-order valence-corrected chi connectivity index (χ2v) is 5.17. The Morgan fingerprint density at radius 3 is 2.63 bits per heavy atom. The van der Waals surface area contributed by atoms with E-state index in [4.69, 9.17) is 5.73 Å². The average Bonchev–Trinajstić information content (AvgIpc) is 2.40. The smallest absolute Gasteiger partial charge is 0.220 e. The third-order valence-corrected chi connectivity index (χ3v) is 3.81. The van der Waals surface area contributed by atoms with Gasteiger partial charge in [-0.3, -0.25) is 4.79 Å². The van der Waals surface area contributed by atoms with Gasteiger partial charge in [-0.1, -0.05) is 18.9 Å². The standard InChI is InChI=1S/C14H16F3NO/c15-11-5-4-9(12(16)13(11)17)6-8-2-1-3-10(7-8)14(18)19/h4-5,8,10H,1-3,6-7H2,(H2,18,19). The summed E-state index contributed by atoms with van der Waals surface area (Å²) in [6, 6.07) is 2.20. The fourth-order valence-corrected chi connectivity index (χ4v) is 2.77. The Labute approximate surface area is 109 Å². The lowest BCUT2D eigenvalue weighted by molar-refractivity contribution is -0.123. The van der Waals surface area contributed by atoms with E-state index in [9.17, 15) is 18.0 Å². The lowest BCUT2D eigenvalue weighted by Gasteiger charge is -2.27. The third kappa shape index (κ3) is 3.08. The molecule has 0 spiro atoms. The molecule has 1 amide bonds. The maximum Gasteiger partial charge on any atom is 0.220 e. The molecule has 2 rings (SSSR count). The summed E-state index contributed by atoms with van der Waals surface area (Å²) >= 11 is 0. The molecule has 0 saturated heterocycles. The van der Waals surface area contributed by atoms with E-state index < -0.39 is 17.5 Å². The minimum Gasteiger partial charge on any atom is -0.369 e. The Bertz CT molecular complexity index is 490. The summed E-state index contributed by atoms with van der Waals surface area (Å²) in [5.74, 6) is -4.17. The van der Waals surface area contributed by atoms with Gasteiger partial charge in [0.25, 0.3) is 0 Å². The van der Waals surface area contributed by atoms with Crippen molar-refractivity contribution in [2.75, 3.05) is 0 Å². The largest absolute Gasteiger partial charge is 0.369 e. The van der Waals surface area contributed by atoms with Crippen LogP contribution in [0.15, 0.2) is 12.1 Å². The molecule has 19 heavy (non-hydrogen) atoms. The maximum absolute atomic E-state index is 13.6. The first kappa shape index (κ1) is 13.9. The molecule has 1 aliphatic carbocycles. The van der Waals surface area contributed by atoms with E-state index in [1.165, 1.54) is 6.07 Å². The fraction of sp³-hybridized carbons (Fsp3) is 0.500. The number of carbonyl (C=O) groups excluding carboxylic acids is 1. The van der Waals surface area contributed by atoms with Gasteiger partial charge in [-0.25, -0.2) is 13.2 Å². The van der Waals surface area contributed by atoms with Crippen molar-refractivity contribution in [3.05, 3.63) is 35.1 Å². The summed E-state index contributed by atoms with van der Waals surface area (Å²) in [6.07, 6.45) is 3.36. The molecule has 0 radical (unpaired) electrons. The Kier molecular flexibility index (Phi) is 4.12. The van der Waals surface area contributed by atoms with Crippen molar-refractivity contribution in [3.63, 3.8) is 0 Å². The van der Waals surface area contributed by atoms with Crippen LogP contribution in [0.25, 0.3) is 0 Å². The van der Waals surface area contributed by atoms with Gasteiger partial charge in [0.1, 0.15) is 0 Å². The van der Waals surface area contributed by atoms with Crippen LogP contribution < -0.4 is 5.73 Å². The highest BCUT2D eigenvalue weighted by atomic mass is 19.2. The van der Waals surface area contributed by atoms with Gasteiger partial charge in [0.05, 0.1) is 0 Å². The molecule has 1 fully saturated rings. The van der Waals surface area contributed by atoms with Gasteiger partial charge in [-0.2, -0.15) is 0 Å². The zero-order valence-electron chi connectivity index (χ0n) is 10.5. The molecule has 1 aromatic carbocycles. The molecule has 1 aromatic rings. The summed E-state index contributed by atoms with van der Waals surface area (Å²) in [5, 5.41) is 0. The lowest BCUT2D eigenvalue weighted by Crippen LogP contribution is -2.29. The fourth-order valence-electron chi connectivity index (χ4n) is 2.77. The molecular formula is C14H16F3NO. The van der Waals surface area contributed by atoms with E-state index in [1.54, 1.807) is 0 Å². The van der Waals surface area contributed by atoms with Crippen molar-refractivity contribution < 1.29 is 18.0 Å². The summed E-state index contributed by atoms with van der Waals surface area (Å²) in [6.45, 7) is 0. The number of primary amides is 1. The first-order chi connectivity index (χ1) is 8.99. The number of amides is 1. The van der Waals surface area contributed by atoms with Crippen LogP contribution in [0.4, 0.5) is 13.2 Å². The van der Waals surface area contributed by atoms with Crippen LogP contribution in [-0.2, 0) is 11.2 Å². The van der Waals surface area contributed by atoms with Gasteiger partial charge in [0.2, 0.25) is 5.91 Å². The van der Waals surface area contributed by atoms with Crippen LogP contribution in [0.2, 0.25) is 0 Å². The number of carbonyl (C=O) groups is 1. The Morgan fingerprint density at radius 2 is 1.95 bits per heavy atom. The molecule has 0 heterocycles. The topological polar surface area (TPSA) is 43.1 Å². The second kappa shape index (κ2) is 5.63. The van der Waals surface area contributed by atoms with Crippen LogP contribution in [0, 0.1) is 29.3 Å². The van der Waals surface area contributed by atoms with Crippen molar-refractivity contribution in [1.29, 1.82) is 0 Å². The van der Waals surface area contributed by atoms with E-state index in [-0.39, 0.29) is 23.3 Å². The molecule has 104 valence electrons. The Balaban J connectivity index is 2.09. The molecule has 2 atom stereocenters. The predicted molar refractivity (Wildman–Crippen MR) is 64.7 cm³/mol. The first-order valence-corrected chi connectivity index (χ1v) is 6.40. The van der Waals surface area contributed by atoms with Crippen molar-refractivity contribution >= 4 is 5.91 Å². The Hall–Kier alpha value is -1.52. The minimum atomic E-state index is -1.43. The molecule has 5 heteroatoms. The number of nitrogens with two attached hydrogens (primary N) is 1. The summed E-state index contributed by atoms with van der Waals surface area (Å²) in [5.41, 5.74) is 5.44. The number of hydrogen-bond donors (Lipinski definition) is 1. The number of rotatable bonds is 3. The van der Waals surface area contributed by atoms with Crippen molar-refractivity contribution in [3.8, 4) is 0 Å². The third-order valence-electron chi connectivity index (χ3n) is 3.81. The molecule has 2 unspecified atom stereocenters. The molecular weight excluding hydrogens is 255 g/mol. The van der Waals surface area contributed by atoms with Gasteiger partial charge >= 0.3 is 0 Å². The molecule has 0 aliphatic heterocycles. The summed E-state index contributed by atoms with van der Waals surface area (Å²) in [4.78, 5) is 11.2. The quantitative estimate of drug-likeness (QED) is 0.844. The molecule has 2 N–H and O–H groups in total. The van der Waals surface area contributed by atoms with Gasteiger partial charge in [-0.05, 0) is 36.8 Å². The van der Waals surface area contributed by atoms with Crippen molar-refractivity contribution in [1.82, 2.24) is 0 Å². The zero-order chi connectivity index (χ0) is 14.0. The zero-order valence-corrected chi connectivity index (χ0v) is 10.5. The van der Waals surface area contributed by atoms with Crippen molar-refractivity contribution in [2.45, 2.75) is 32.1 Å². The molecule has 0 bridgehead atoms. The molecule has 0 aromatic heterocycles. The highest BCUT2D eigenvalue weighted by molar-refractivity contribution is 5.76. The second-order valence-electron chi connectivity index (χ2n) is 5.17. The summed E-state index contributed by atoms with van der Waals surface area (Å²) in [7, 11) is 0. The first-order valence-electron chi connectivity index (χ1n) is 6.40. The van der Waals surface area contributed by atoms with Crippen LogP contribution in [0.1, 0.15) is 31.2 Å². The molecule has 1 aliphatic rings. The molecule has 1 saturated carbocycles. The van der Waals surface area contributed by atoms with Gasteiger partial charge < -0.3 is 5.73 Å². The Morgan fingerprint density at radius 1 is 1.21 bits per heavy atom. The van der Waals surface area contributed by atoms with Gasteiger partial charge in [0, 0.05) is 5.92 Å². The predicted octanol–water partition coefficient (Wildman–Crippen LogP) is 2.94. The monoisotopic (exact) mass is 271 g/mol. The van der Waals surface area contributed by atoms with E-state index >= 15 is 0 Å². The lowest BCUT2D eigenvalue weighted by atomic mass is 9.78. The normalized spacial score (nSPS) is 23.3. The number of benzene rings is 1. The van der Waals surface area contributed by atoms with Crippen LogP contribution >= 0.6 is 0 Å². The van der Waals surface area contributed by atoms with Crippen LogP contribution in [0.3, 0.4) is 0 Å². The highest BCUT2D eigenvalue weighted by Gasteiger charge is 2.27. The van der Waals surface area contributed by atoms with Gasteiger partial charge in [0.15, 0.2) is 17.5 Å². The maximum atomic E-state index is 13.6. The minimum absolute atomic E-state index is 0.0885. The number of hydrogen-bond acceptors (Lipinski definition) is 1. The molecule has 2 nitrogen and oxygen atoms in total. The van der Waals surface area contributed by atoms with Crippen LogP contribution in [-0.4, -0.2) is 5.91 Å². The van der Waals surface area contributed by atoms with E-state index in [0.717, 1.165) is 25.3 Å². The van der Waals surface area contributed by atoms with E-state index in [1.807, 2.05) is 0 Å². The van der Waals surface area contributed by atoms with Crippen molar-refractivity contribution in [2.24, 2.45) is 17.6 Å². The van der Waals surface area contributed by atoms with E-state index in [2.05, 4.69) is 0 Å². The average molecular weight is 271 g/mol. The number of halogens is 3. The SMILES string of the molecule is NC(=O)C1CCCC(Cc2ccc(F)c(F)c2F)C1. The highest BCUT2D eigenvalue weighted by Crippen LogP contribution is 2.32. The van der Waals surface area contributed by atoms with Gasteiger partial charge in [-0.15, -0.1) is 0 Å². The van der Waals surface area contributed by atoms with Crippen LogP contribution in [0.5, 0.6) is 0 Å². The van der Waals surface area contributed by atoms with E-state index in [0.29, 0.717) is 12.8 Å². The summed E-state index contributed by atoms with van der Waals surface area (Å²) < 4.78 is 39.5.